The summed E-state index contributed by atoms with van der Waals surface area (Å²) in [5.74, 6) is -1.60. The van der Waals surface area contributed by atoms with Crippen LogP contribution in [-0.2, 0) is 0 Å². The standard InChI is InChI=1S/C9H11F2N3/c1-14(5-2-3-5)9-7(11)4-6(10)8(12)13-9/h4-5H,2-3H2,1H3,(H2,12,13). The van der Waals surface area contributed by atoms with Gasteiger partial charge in [-0.1, -0.05) is 0 Å². The molecule has 0 unspecified atom stereocenters. The number of halogens is 2. The zero-order chi connectivity index (χ0) is 10.3. The predicted octanol–water partition coefficient (Wildman–Crippen LogP) is 1.54. The number of nitrogen functional groups attached to an aromatic ring is 1. The highest BCUT2D eigenvalue weighted by molar-refractivity contribution is 5.48. The van der Waals surface area contributed by atoms with Gasteiger partial charge in [0.15, 0.2) is 23.3 Å². The quantitative estimate of drug-likeness (QED) is 0.785. The fourth-order valence-electron chi connectivity index (χ4n) is 1.35. The van der Waals surface area contributed by atoms with Crippen molar-refractivity contribution in [1.82, 2.24) is 4.98 Å². The summed E-state index contributed by atoms with van der Waals surface area (Å²) in [4.78, 5) is 5.39. The van der Waals surface area contributed by atoms with E-state index in [1.54, 1.807) is 11.9 Å². The van der Waals surface area contributed by atoms with E-state index in [0.29, 0.717) is 6.04 Å². The largest absolute Gasteiger partial charge is 0.381 e. The van der Waals surface area contributed by atoms with Crippen LogP contribution in [0.3, 0.4) is 0 Å². The van der Waals surface area contributed by atoms with Crippen LogP contribution >= 0.6 is 0 Å². The summed E-state index contributed by atoms with van der Waals surface area (Å²) in [6, 6.07) is 1.10. The first-order chi connectivity index (χ1) is 6.59. The van der Waals surface area contributed by atoms with Crippen LogP contribution in [0.1, 0.15) is 12.8 Å². The molecule has 1 aliphatic rings. The van der Waals surface area contributed by atoms with E-state index in [-0.39, 0.29) is 11.6 Å². The van der Waals surface area contributed by atoms with Gasteiger partial charge in [0.2, 0.25) is 0 Å². The molecule has 5 heteroatoms. The summed E-state index contributed by atoms with van der Waals surface area (Å²) >= 11 is 0. The highest BCUT2D eigenvalue weighted by Gasteiger charge is 2.29. The molecule has 0 radical (unpaired) electrons. The minimum Gasteiger partial charge on any atom is -0.381 e. The Hall–Kier alpha value is -1.39. The van der Waals surface area contributed by atoms with Gasteiger partial charge in [0.1, 0.15) is 0 Å². The van der Waals surface area contributed by atoms with Crippen LogP contribution in [0.4, 0.5) is 20.4 Å². The molecule has 1 aromatic heterocycles. The number of hydrogen-bond acceptors (Lipinski definition) is 3. The van der Waals surface area contributed by atoms with E-state index in [0.717, 1.165) is 18.9 Å². The molecule has 1 saturated carbocycles. The Kier molecular flexibility index (Phi) is 2.02. The van der Waals surface area contributed by atoms with Gasteiger partial charge in [0.25, 0.3) is 0 Å². The van der Waals surface area contributed by atoms with Crippen molar-refractivity contribution in [3.8, 4) is 0 Å². The second-order valence-corrected chi connectivity index (χ2v) is 3.50. The molecule has 3 nitrogen and oxygen atoms in total. The molecule has 76 valence electrons. The predicted molar refractivity (Wildman–Crippen MR) is 50.0 cm³/mol. The number of anilines is 2. The molecule has 1 heterocycles. The highest BCUT2D eigenvalue weighted by Crippen LogP contribution is 2.31. The number of aromatic nitrogens is 1. The molecular formula is C9H11F2N3. The summed E-state index contributed by atoms with van der Waals surface area (Å²) < 4.78 is 26.1. The first-order valence-electron chi connectivity index (χ1n) is 4.44. The Balaban J connectivity index is 2.36. The zero-order valence-corrected chi connectivity index (χ0v) is 7.80. The van der Waals surface area contributed by atoms with E-state index >= 15 is 0 Å². The summed E-state index contributed by atoms with van der Waals surface area (Å²) in [5.41, 5.74) is 5.27. The molecule has 2 rings (SSSR count). The van der Waals surface area contributed by atoms with Gasteiger partial charge in [-0.05, 0) is 12.8 Å². The molecule has 0 bridgehead atoms. The summed E-state index contributed by atoms with van der Waals surface area (Å²) in [6.07, 6.45) is 2.05. The smallest absolute Gasteiger partial charge is 0.168 e. The van der Waals surface area contributed by atoms with Crippen LogP contribution < -0.4 is 10.6 Å². The molecule has 1 aromatic rings. The van der Waals surface area contributed by atoms with Gasteiger partial charge in [0.05, 0.1) is 0 Å². The zero-order valence-electron chi connectivity index (χ0n) is 7.80. The van der Waals surface area contributed by atoms with Crippen molar-refractivity contribution >= 4 is 11.6 Å². The average Bonchev–Trinajstić information content (AvgIpc) is 2.93. The fraction of sp³-hybridized carbons (Fsp3) is 0.444. The number of hydrogen-bond donors (Lipinski definition) is 1. The van der Waals surface area contributed by atoms with E-state index < -0.39 is 11.6 Å². The molecule has 2 N–H and O–H groups in total. The van der Waals surface area contributed by atoms with Gasteiger partial charge in [0, 0.05) is 19.2 Å². The minimum atomic E-state index is -0.810. The third-order valence-corrected chi connectivity index (χ3v) is 2.37. The van der Waals surface area contributed by atoms with Crippen molar-refractivity contribution in [2.75, 3.05) is 17.7 Å². The summed E-state index contributed by atoms with van der Waals surface area (Å²) in [7, 11) is 1.74. The second kappa shape index (κ2) is 3.08. The van der Waals surface area contributed by atoms with Crippen LogP contribution in [0.5, 0.6) is 0 Å². The van der Waals surface area contributed by atoms with Crippen molar-refractivity contribution in [2.45, 2.75) is 18.9 Å². The van der Waals surface area contributed by atoms with Crippen LogP contribution in [-0.4, -0.2) is 18.1 Å². The SMILES string of the molecule is CN(c1nc(N)c(F)cc1F)C1CC1. The Morgan fingerprint density at radius 1 is 1.43 bits per heavy atom. The average molecular weight is 199 g/mol. The van der Waals surface area contributed by atoms with Crippen molar-refractivity contribution in [1.29, 1.82) is 0 Å². The Bertz CT molecular complexity index is 363. The molecule has 0 aliphatic heterocycles. The van der Waals surface area contributed by atoms with Crippen molar-refractivity contribution < 1.29 is 8.78 Å². The third-order valence-electron chi connectivity index (χ3n) is 2.37. The second-order valence-electron chi connectivity index (χ2n) is 3.50. The fourth-order valence-corrected chi connectivity index (χ4v) is 1.35. The number of pyridine rings is 1. The number of nitrogens with two attached hydrogens (primary N) is 1. The highest BCUT2D eigenvalue weighted by atomic mass is 19.1. The van der Waals surface area contributed by atoms with Crippen LogP contribution in [0.15, 0.2) is 6.07 Å². The van der Waals surface area contributed by atoms with Gasteiger partial charge < -0.3 is 10.6 Å². The van der Waals surface area contributed by atoms with Crippen LogP contribution in [0.25, 0.3) is 0 Å². The normalized spacial score (nSPS) is 15.6. The lowest BCUT2D eigenvalue weighted by atomic mass is 10.3. The number of nitrogens with zero attached hydrogens (tertiary/aromatic N) is 2. The van der Waals surface area contributed by atoms with E-state index in [4.69, 9.17) is 5.73 Å². The molecule has 0 amide bonds. The van der Waals surface area contributed by atoms with E-state index in [9.17, 15) is 8.78 Å². The number of rotatable bonds is 2. The topological polar surface area (TPSA) is 42.2 Å². The molecule has 1 aliphatic carbocycles. The van der Waals surface area contributed by atoms with Crippen LogP contribution in [0.2, 0.25) is 0 Å². The molecule has 1 fully saturated rings. The molecule has 0 aromatic carbocycles. The van der Waals surface area contributed by atoms with Gasteiger partial charge in [-0.15, -0.1) is 0 Å². The third kappa shape index (κ3) is 1.49. The first-order valence-corrected chi connectivity index (χ1v) is 4.44. The monoisotopic (exact) mass is 199 g/mol. The Morgan fingerprint density at radius 3 is 2.64 bits per heavy atom. The maximum Gasteiger partial charge on any atom is 0.168 e. The summed E-state index contributed by atoms with van der Waals surface area (Å²) in [6.45, 7) is 0. The maximum atomic E-state index is 13.3. The molecule has 0 saturated heterocycles. The van der Waals surface area contributed by atoms with E-state index in [1.165, 1.54) is 0 Å². The maximum absolute atomic E-state index is 13.3. The van der Waals surface area contributed by atoms with Gasteiger partial charge in [-0.25, -0.2) is 13.8 Å². The van der Waals surface area contributed by atoms with Crippen LogP contribution in [0, 0.1) is 11.6 Å². The van der Waals surface area contributed by atoms with E-state index in [1.807, 2.05) is 0 Å². The van der Waals surface area contributed by atoms with Gasteiger partial charge in [-0.3, -0.25) is 0 Å². The summed E-state index contributed by atoms with van der Waals surface area (Å²) in [5, 5.41) is 0. The molecular weight excluding hydrogens is 188 g/mol. The van der Waals surface area contributed by atoms with E-state index in [2.05, 4.69) is 4.98 Å². The van der Waals surface area contributed by atoms with Gasteiger partial charge >= 0.3 is 0 Å². The first kappa shape index (κ1) is 9.18. The van der Waals surface area contributed by atoms with Crippen molar-refractivity contribution in [3.05, 3.63) is 17.7 Å². The molecule has 0 atom stereocenters. The Labute approximate surface area is 80.5 Å². The van der Waals surface area contributed by atoms with Gasteiger partial charge in [-0.2, -0.15) is 0 Å². The lowest BCUT2D eigenvalue weighted by Gasteiger charge is -2.18. The lowest BCUT2D eigenvalue weighted by Crippen LogP contribution is -2.22. The van der Waals surface area contributed by atoms with Crippen molar-refractivity contribution in [2.24, 2.45) is 0 Å². The Morgan fingerprint density at radius 2 is 2.07 bits per heavy atom. The molecule has 14 heavy (non-hydrogen) atoms. The lowest BCUT2D eigenvalue weighted by molar-refractivity contribution is 0.573. The molecule has 0 spiro atoms. The minimum absolute atomic E-state index is 0.131. The van der Waals surface area contributed by atoms with Crippen molar-refractivity contribution in [3.63, 3.8) is 0 Å².